The van der Waals surface area contributed by atoms with Gasteiger partial charge in [0.1, 0.15) is 5.75 Å². The van der Waals surface area contributed by atoms with Crippen molar-refractivity contribution < 1.29 is 19.1 Å². The van der Waals surface area contributed by atoms with E-state index >= 15 is 0 Å². The predicted octanol–water partition coefficient (Wildman–Crippen LogP) is 3.84. The van der Waals surface area contributed by atoms with Crippen LogP contribution < -0.4 is 10.1 Å². The number of esters is 1. The van der Waals surface area contributed by atoms with Crippen LogP contribution >= 0.6 is 11.6 Å². The standard InChI is InChI=1S/C20H22ClNO4/c1-3-18(15-6-4-14(2)5-7-15)22-19(23)12-26-20(24)13-25-17-10-8-16(21)9-11-17/h4-11,18H,3,12-13H2,1-2H3,(H,22,23)/t18-/m0/s1. The molecule has 26 heavy (non-hydrogen) atoms. The molecule has 5 nitrogen and oxygen atoms in total. The zero-order valence-corrected chi connectivity index (χ0v) is 15.6. The molecule has 0 saturated heterocycles. The zero-order chi connectivity index (χ0) is 18.9. The number of amides is 1. The van der Waals surface area contributed by atoms with Crippen molar-refractivity contribution >= 4 is 23.5 Å². The topological polar surface area (TPSA) is 64.6 Å². The summed E-state index contributed by atoms with van der Waals surface area (Å²) in [4.78, 5) is 23.7. The number of halogens is 1. The maximum atomic E-state index is 12.0. The molecule has 2 rings (SSSR count). The molecule has 2 aromatic carbocycles. The second kappa shape index (κ2) is 9.82. The number of carbonyl (C=O) groups excluding carboxylic acids is 2. The average molecular weight is 376 g/mol. The Morgan fingerprint density at radius 3 is 2.31 bits per heavy atom. The van der Waals surface area contributed by atoms with Crippen LogP contribution in [-0.4, -0.2) is 25.1 Å². The fourth-order valence-electron chi connectivity index (χ4n) is 2.32. The first-order chi connectivity index (χ1) is 12.5. The molecule has 0 aromatic heterocycles. The molecule has 0 heterocycles. The van der Waals surface area contributed by atoms with Gasteiger partial charge in [0, 0.05) is 5.02 Å². The summed E-state index contributed by atoms with van der Waals surface area (Å²) in [5.41, 5.74) is 2.17. The molecule has 0 bridgehead atoms. The van der Waals surface area contributed by atoms with Gasteiger partial charge in [-0.25, -0.2) is 4.79 Å². The minimum atomic E-state index is -0.613. The van der Waals surface area contributed by atoms with Crippen molar-refractivity contribution in [2.75, 3.05) is 13.2 Å². The lowest BCUT2D eigenvalue weighted by Crippen LogP contribution is -2.32. The van der Waals surface area contributed by atoms with Crippen molar-refractivity contribution in [3.8, 4) is 5.75 Å². The van der Waals surface area contributed by atoms with Crippen LogP contribution in [0.3, 0.4) is 0 Å². The highest BCUT2D eigenvalue weighted by Gasteiger charge is 2.14. The maximum Gasteiger partial charge on any atom is 0.344 e. The second-order valence-corrected chi connectivity index (χ2v) is 6.28. The predicted molar refractivity (Wildman–Crippen MR) is 100 cm³/mol. The summed E-state index contributed by atoms with van der Waals surface area (Å²) in [7, 11) is 0. The van der Waals surface area contributed by atoms with E-state index in [2.05, 4.69) is 5.32 Å². The molecule has 2 aromatic rings. The minimum Gasteiger partial charge on any atom is -0.482 e. The molecule has 0 aliphatic carbocycles. The Kier molecular flexibility index (Phi) is 7.48. The summed E-state index contributed by atoms with van der Waals surface area (Å²) in [5.74, 6) is -0.461. The maximum absolute atomic E-state index is 12.0. The molecule has 1 amide bonds. The average Bonchev–Trinajstić information content (AvgIpc) is 2.65. The molecular formula is C20H22ClNO4. The number of benzene rings is 2. The molecular weight excluding hydrogens is 354 g/mol. The van der Waals surface area contributed by atoms with Crippen LogP contribution in [0.4, 0.5) is 0 Å². The Balaban J connectivity index is 1.75. The number of aryl methyl sites for hydroxylation is 1. The minimum absolute atomic E-state index is 0.118. The number of hydrogen-bond donors (Lipinski definition) is 1. The molecule has 138 valence electrons. The number of carbonyl (C=O) groups is 2. The molecule has 0 spiro atoms. The van der Waals surface area contributed by atoms with Gasteiger partial charge in [-0.2, -0.15) is 0 Å². The molecule has 0 saturated carbocycles. The van der Waals surface area contributed by atoms with Crippen molar-refractivity contribution in [3.05, 3.63) is 64.7 Å². The van der Waals surface area contributed by atoms with E-state index in [0.29, 0.717) is 10.8 Å². The Morgan fingerprint density at radius 2 is 1.69 bits per heavy atom. The fraction of sp³-hybridized carbons (Fsp3) is 0.300. The largest absolute Gasteiger partial charge is 0.482 e. The van der Waals surface area contributed by atoms with Crippen LogP contribution in [0.15, 0.2) is 48.5 Å². The van der Waals surface area contributed by atoms with Crippen molar-refractivity contribution in [1.29, 1.82) is 0 Å². The normalized spacial score (nSPS) is 11.5. The highest BCUT2D eigenvalue weighted by Crippen LogP contribution is 2.17. The van der Waals surface area contributed by atoms with Crippen LogP contribution in [-0.2, 0) is 14.3 Å². The third-order valence-electron chi connectivity index (χ3n) is 3.76. The molecule has 1 N–H and O–H groups in total. The van der Waals surface area contributed by atoms with E-state index < -0.39 is 5.97 Å². The van der Waals surface area contributed by atoms with Crippen LogP contribution in [0.1, 0.15) is 30.5 Å². The SMILES string of the molecule is CC[C@H](NC(=O)COC(=O)COc1ccc(Cl)cc1)c1ccc(C)cc1. The Bertz CT molecular complexity index is 728. The van der Waals surface area contributed by atoms with E-state index in [0.717, 1.165) is 17.5 Å². The van der Waals surface area contributed by atoms with E-state index in [-0.39, 0.29) is 25.2 Å². The van der Waals surface area contributed by atoms with Gasteiger partial charge < -0.3 is 14.8 Å². The number of nitrogens with one attached hydrogen (secondary N) is 1. The lowest BCUT2D eigenvalue weighted by Gasteiger charge is -2.17. The van der Waals surface area contributed by atoms with Crippen LogP contribution in [0.2, 0.25) is 5.02 Å². The van der Waals surface area contributed by atoms with Gasteiger partial charge in [-0.15, -0.1) is 0 Å². The van der Waals surface area contributed by atoms with Gasteiger partial charge in [0.15, 0.2) is 13.2 Å². The van der Waals surface area contributed by atoms with Gasteiger partial charge in [-0.05, 0) is 43.2 Å². The number of ether oxygens (including phenoxy) is 2. The third kappa shape index (κ3) is 6.41. The summed E-state index contributed by atoms with van der Waals surface area (Å²) in [6, 6.07) is 14.5. The monoisotopic (exact) mass is 375 g/mol. The first-order valence-corrected chi connectivity index (χ1v) is 8.75. The van der Waals surface area contributed by atoms with Crippen LogP contribution in [0.25, 0.3) is 0 Å². The summed E-state index contributed by atoms with van der Waals surface area (Å²) in [6.45, 7) is 3.38. The number of hydrogen-bond acceptors (Lipinski definition) is 4. The summed E-state index contributed by atoms with van der Waals surface area (Å²) in [5, 5.41) is 3.45. The van der Waals surface area contributed by atoms with Crippen molar-refractivity contribution in [2.45, 2.75) is 26.3 Å². The number of rotatable bonds is 8. The van der Waals surface area contributed by atoms with E-state index in [1.807, 2.05) is 38.1 Å². The highest BCUT2D eigenvalue weighted by atomic mass is 35.5. The Labute approximate surface area is 158 Å². The van der Waals surface area contributed by atoms with Gasteiger partial charge in [-0.3, -0.25) is 4.79 Å². The molecule has 0 fully saturated rings. The van der Waals surface area contributed by atoms with Gasteiger partial charge in [0.05, 0.1) is 6.04 Å². The molecule has 0 aliphatic rings. The second-order valence-electron chi connectivity index (χ2n) is 5.84. The first-order valence-electron chi connectivity index (χ1n) is 8.38. The molecule has 1 atom stereocenters. The molecule has 6 heteroatoms. The molecule has 0 aliphatic heterocycles. The summed E-state index contributed by atoms with van der Waals surface area (Å²) < 4.78 is 10.2. The van der Waals surface area contributed by atoms with Gasteiger partial charge in [0.25, 0.3) is 5.91 Å². The Morgan fingerprint density at radius 1 is 1.04 bits per heavy atom. The van der Waals surface area contributed by atoms with E-state index in [9.17, 15) is 9.59 Å². The third-order valence-corrected chi connectivity index (χ3v) is 4.01. The lowest BCUT2D eigenvalue weighted by atomic mass is 10.0. The van der Waals surface area contributed by atoms with E-state index in [4.69, 9.17) is 21.1 Å². The highest BCUT2D eigenvalue weighted by molar-refractivity contribution is 6.30. The summed E-state index contributed by atoms with van der Waals surface area (Å²) in [6.07, 6.45) is 0.739. The van der Waals surface area contributed by atoms with E-state index in [1.165, 1.54) is 0 Å². The van der Waals surface area contributed by atoms with Gasteiger partial charge in [-0.1, -0.05) is 48.4 Å². The smallest absolute Gasteiger partial charge is 0.344 e. The Hall–Kier alpha value is -2.53. The lowest BCUT2D eigenvalue weighted by molar-refractivity contribution is -0.150. The van der Waals surface area contributed by atoms with Crippen molar-refractivity contribution in [3.63, 3.8) is 0 Å². The molecule has 0 unspecified atom stereocenters. The first kappa shape index (κ1) is 19.8. The van der Waals surface area contributed by atoms with Gasteiger partial charge >= 0.3 is 5.97 Å². The van der Waals surface area contributed by atoms with E-state index in [1.54, 1.807) is 24.3 Å². The van der Waals surface area contributed by atoms with Gasteiger partial charge in [0.2, 0.25) is 0 Å². The molecule has 0 radical (unpaired) electrons. The van der Waals surface area contributed by atoms with Crippen molar-refractivity contribution in [2.24, 2.45) is 0 Å². The fourth-order valence-corrected chi connectivity index (χ4v) is 2.44. The van der Waals surface area contributed by atoms with Crippen molar-refractivity contribution in [1.82, 2.24) is 5.32 Å². The zero-order valence-electron chi connectivity index (χ0n) is 14.8. The summed E-state index contributed by atoms with van der Waals surface area (Å²) >= 11 is 5.77. The van der Waals surface area contributed by atoms with Crippen LogP contribution in [0, 0.1) is 6.92 Å². The quantitative estimate of drug-likeness (QED) is 0.712. The van der Waals surface area contributed by atoms with Crippen LogP contribution in [0.5, 0.6) is 5.75 Å².